The number of aromatic nitrogens is 4. The van der Waals surface area contributed by atoms with Crippen LogP contribution in [0.5, 0.6) is 0 Å². The van der Waals surface area contributed by atoms with Gasteiger partial charge in [0.1, 0.15) is 11.2 Å². The first-order chi connectivity index (χ1) is 28.1. The number of nitrogens with zero attached hydrogens (tertiary/aromatic N) is 4. The summed E-state index contributed by atoms with van der Waals surface area (Å²) in [5.74, 6) is 1.48. The fourth-order valence-corrected chi connectivity index (χ4v) is 6.61. The highest BCUT2D eigenvalue weighted by atomic mass is 16.3. The van der Waals surface area contributed by atoms with Gasteiger partial charge in [-0.05, 0) is 53.5 Å². The molecule has 0 saturated heterocycles. The highest BCUT2D eigenvalue weighted by molar-refractivity contribution is 6.10. The zero-order chi connectivity index (χ0) is 40.0. The quantitative estimate of drug-likeness (QED) is 0.186. The van der Waals surface area contributed by atoms with Crippen LogP contribution in [0, 0.1) is 0 Å². The lowest BCUT2D eigenvalue weighted by Crippen LogP contribution is -2.01. The highest BCUT2D eigenvalue weighted by Gasteiger charge is 2.18. The summed E-state index contributed by atoms with van der Waals surface area (Å²) < 4.78 is 76.9. The Morgan fingerprint density at radius 2 is 1.04 bits per heavy atom. The average molecular weight is 649 g/mol. The van der Waals surface area contributed by atoms with Gasteiger partial charge in [0.15, 0.2) is 17.5 Å². The van der Waals surface area contributed by atoms with Gasteiger partial charge in [-0.2, -0.15) is 0 Å². The molecule has 0 bridgehead atoms. The zero-order valence-electron chi connectivity index (χ0n) is 34.2. The van der Waals surface area contributed by atoms with E-state index in [-0.39, 0.29) is 46.0 Å². The molecule has 234 valence electrons. The van der Waals surface area contributed by atoms with E-state index in [1.54, 1.807) is 18.2 Å². The van der Waals surface area contributed by atoms with Crippen molar-refractivity contribution in [2.75, 3.05) is 0 Å². The molecule has 5 nitrogen and oxygen atoms in total. The Hall–Kier alpha value is -6.85. The van der Waals surface area contributed by atoms with Gasteiger partial charge in [0.2, 0.25) is 0 Å². The van der Waals surface area contributed by atoms with Crippen molar-refractivity contribution in [3.63, 3.8) is 0 Å². The second kappa shape index (κ2) is 11.4. The van der Waals surface area contributed by atoms with Crippen LogP contribution < -0.4 is 0 Å². The number of hydrogen-bond acceptors (Lipinski definition) is 4. The standard InChI is InChI=1S/C45H28N4O/c1-3-13-29(14-4-1)33-17-7-8-20-37(33)45-47-43(30-15-5-2-6-16-30)46-44(48-45)31-23-25-36-38-28-32(24-26-41(38)50-42(36)27-31)49-39-21-11-9-18-34(39)35-19-10-12-22-40(35)49/h1-28H/i9D,10D,11D,12D,18D,19D,21D,22D. The van der Waals surface area contributed by atoms with E-state index >= 15 is 0 Å². The van der Waals surface area contributed by atoms with Gasteiger partial charge in [0.25, 0.3) is 0 Å². The van der Waals surface area contributed by atoms with Crippen molar-refractivity contribution < 1.29 is 15.4 Å². The predicted octanol–water partition coefficient (Wildman–Crippen LogP) is 11.5. The summed E-state index contributed by atoms with van der Waals surface area (Å²) in [6, 6.07) is 35.4. The molecule has 0 radical (unpaired) electrons. The SMILES string of the molecule is [2H]c1c([2H])c([2H])c2c(c1[2H])c1c([2H])c([2H])c([2H])c([2H])c1n2-c1ccc2oc3cc(-c4nc(-c5ccccc5)nc(-c5ccccc5-c5ccccc5)n4)ccc3c2c1. The molecule has 5 heteroatoms. The van der Waals surface area contributed by atoms with Crippen LogP contribution in [0.4, 0.5) is 0 Å². The normalized spacial score (nSPS) is 13.8. The fourth-order valence-electron chi connectivity index (χ4n) is 6.61. The van der Waals surface area contributed by atoms with E-state index in [9.17, 15) is 0 Å². The maximum Gasteiger partial charge on any atom is 0.164 e. The minimum Gasteiger partial charge on any atom is -0.456 e. The third kappa shape index (κ3) is 4.60. The molecule has 0 unspecified atom stereocenters. The Labute approximate surface area is 299 Å². The topological polar surface area (TPSA) is 56.7 Å². The first-order valence-electron chi connectivity index (χ1n) is 20.0. The smallest absolute Gasteiger partial charge is 0.164 e. The van der Waals surface area contributed by atoms with Crippen LogP contribution in [-0.4, -0.2) is 19.5 Å². The summed E-state index contributed by atoms with van der Waals surface area (Å²) in [4.78, 5) is 14.9. The summed E-state index contributed by atoms with van der Waals surface area (Å²) in [6.45, 7) is 0. The summed E-state index contributed by atoms with van der Waals surface area (Å²) >= 11 is 0. The molecule has 10 aromatic rings. The van der Waals surface area contributed by atoms with Crippen LogP contribution in [0.1, 0.15) is 11.0 Å². The van der Waals surface area contributed by atoms with Gasteiger partial charge in [-0.25, -0.2) is 15.0 Å². The van der Waals surface area contributed by atoms with Crippen LogP contribution >= 0.6 is 0 Å². The molecule has 0 atom stereocenters. The van der Waals surface area contributed by atoms with Crippen molar-refractivity contribution in [2.45, 2.75) is 0 Å². The number of rotatable bonds is 5. The van der Waals surface area contributed by atoms with Crippen molar-refractivity contribution in [2.24, 2.45) is 0 Å². The summed E-state index contributed by atoms with van der Waals surface area (Å²) in [6.07, 6.45) is 0. The molecule has 0 aliphatic carbocycles. The van der Waals surface area contributed by atoms with Crippen LogP contribution in [0.15, 0.2) is 174 Å². The van der Waals surface area contributed by atoms with Gasteiger partial charge in [-0.15, -0.1) is 0 Å². The van der Waals surface area contributed by atoms with Gasteiger partial charge in [0, 0.05) is 43.9 Å². The van der Waals surface area contributed by atoms with Crippen LogP contribution in [0.3, 0.4) is 0 Å². The molecular weight excluding hydrogens is 613 g/mol. The van der Waals surface area contributed by atoms with Crippen molar-refractivity contribution >= 4 is 43.7 Å². The molecule has 10 rings (SSSR count). The fraction of sp³-hybridized carbons (Fsp3) is 0. The van der Waals surface area contributed by atoms with E-state index in [1.165, 1.54) is 4.57 Å². The average Bonchev–Trinajstić information content (AvgIpc) is 3.82. The third-order valence-electron chi connectivity index (χ3n) is 8.92. The Balaban J connectivity index is 1.17. The van der Waals surface area contributed by atoms with E-state index in [2.05, 4.69) is 18.2 Å². The van der Waals surface area contributed by atoms with E-state index in [0.717, 1.165) is 27.6 Å². The predicted molar refractivity (Wildman–Crippen MR) is 203 cm³/mol. The van der Waals surface area contributed by atoms with Crippen molar-refractivity contribution in [1.82, 2.24) is 19.5 Å². The lowest BCUT2D eigenvalue weighted by Gasteiger charge is -2.12. The molecule has 3 heterocycles. The van der Waals surface area contributed by atoms with E-state index in [4.69, 9.17) is 30.3 Å². The Morgan fingerprint density at radius 3 is 1.76 bits per heavy atom. The van der Waals surface area contributed by atoms with E-state index < -0.39 is 24.2 Å². The van der Waals surface area contributed by atoms with Gasteiger partial charge in [-0.1, -0.05) is 127 Å². The minimum absolute atomic E-state index is 0.0211. The Kier molecular flexibility index (Phi) is 4.83. The lowest BCUT2D eigenvalue weighted by atomic mass is 9.99. The molecule has 0 fully saturated rings. The lowest BCUT2D eigenvalue weighted by molar-refractivity contribution is 0.669. The second-order valence-electron chi connectivity index (χ2n) is 11.9. The highest BCUT2D eigenvalue weighted by Crippen LogP contribution is 2.37. The third-order valence-corrected chi connectivity index (χ3v) is 8.92. The van der Waals surface area contributed by atoms with Crippen molar-refractivity contribution in [3.8, 4) is 51.0 Å². The van der Waals surface area contributed by atoms with E-state index in [1.807, 2.05) is 84.9 Å². The minimum atomic E-state index is -0.488. The summed E-state index contributed by atoms with van der Waals surface area (Å²) in [5, 5.41) is 1.48. The second-order valence-corrected chi connectivity index (χ2v) is 11.9. The largest absolute Gasteiger partial charge is 0.456 e. The van der Waals surface area contributed by atoms with Gasteiger partial charge >= 0.3 is 0 Å². The molecule has 50 heavy (non-hydrogen) atoms. The van der Waals surface area contributed by atoms with Gasteiger partial charge < -0.3 is 8.98 Å². The number of para-hydroxylation sites is 2. The molecule has 0 saturated carbocycles. The molecular formula is C45H28N4O. The molecule has 0 aliphatic heterocycles. The first kappa shape index (κ1) is 21.2. The zero-order valence-corrected chi connectivity index (χ0v) is 26.2. The van der Waals surface area contributed by atoms with E-state index in [0.29, 0.717) is 45.3 Å². The summed E-state index contributed by atoms with van der Waals surface area (Å²) in [7, 11) is 0. The Morgan fingerprint density at radius 1 is 0.440 bits per heavy atom. The van der Waals surface area contributed by atoms with Crippen molar-refractivity contribution in [3.05, 3.63) is 170 Å². The molecule has 3 aromatic heterocycles. The molecule has 0 N–H and O–H groups in total. The van der Waals surface area contributed by atoms with Gasteiger partial charge in [0.05, 0.1) is 22.0 Å². The molecule has 0 aliphatic rings. The van der Waals surface area contributed by atoms with Crippen LogP contribution in [0.2, 0.25) is 0 Å². The number of hydrogen-bond donors (Lipinski definition) is 0. The first-order valence-corrected chi connectivity index (χ1v) is 16.0. The summed E-state index contributed by atoms with van der Waals surface area (Å²) in [5.41, 5.74) is 6.02. The molecule has 0 amide bonds. The Bertz CT molecular complexity index is 3250. The number of furan rings is 1. The van der Waals surface area contributed by atoms with Crippen LogP contribution in [-0.2, 0) is 0 Å². The number of fused-ring (bicyclic) bond motifs is 6. The monoisotopic (exact) mass is 648 g/mol. The molecule has 7 aromatic carbocycles. The molecule has 0 spiro atoms. The maximum atomic E-state index is 8.90. The number of benzene rings is 7. The maximum absolute atomic E-state index is 8.90. The van der Waals surface area contributed by atoms with Crippen LogP contribution in [0.25, 0.3) is 94.7 Å². The van der Waals surface area contributed by atoms with Crippen molar-refractivity contribution in [1.29, 1.82) is 0 Å². The van der Waals surface area contributed by atoms with Gasteiger partial charge in [-0.3, -0.25) is 0 Å².